The van der Waals surface area contributed by atoms with Gasteiger partial charge in [0.25, 0.3) is 0 Å². The van der Waals surface area contributed by atoms with Crippen LogP contribution in [0.1, 0.15) is 38.5 Å². The maximum atomic E-state index is 10.3. The zero-order chi connectivity index (χ0) is 11.0. The molecule has 2 heterocycles. The van der Waals surface area contributed by atoms with Crippen LogP contribution in [0.2, 0.25) is 0 Å². The van der Waals surface area contributed by atoms with E-state index in [1.807, 2.05) is 0 Å². The average Bonchev–Trinajstić information content (AvgIpc) is 2.98. The van der Waals surface area contributed by atoms with Gasteiger partial charge in [0, 0.05) is 12.6 Å². The van der Waals surface area contributed by atoms with Crippen molar-refractivity contribution in [3.63, 3.8) is 0 Å². The molecule has 0 radical (unpaired) electrons. The lowest BCUT2D eigenvalue weighted by atomic mass is 9.95. The molecule has 1 aliphatic carbocycles. The largest absolute Gasteiger partial charge is 0.390 e. The van der Waals surface area contributed by atoms with Gasteiger partial charge in [0.1, 0.15) is 0 Å². The molecule has 0 aromatic rings. The average molecular weight is 225 g/mol. The van der Waals surface area contributed by atoms with Gasteiger partial charge >= 0.3 is 0 Å². The highest BCUT2D eigenvalue weighted by atomic mass is 16.5. The summed E-state index contributed by atoms with van der Waals surface area (Å²) in [6, 6.07) is 0.645. The minimum Gasteiger partial charge on any atom is -0.390 e. The van der Waals surface area contributed by atoms with Gasteiger partial charge in [-0.1, -0.05) is 12.8 Å². The maximum Gasteiger partial charge on any atom is 0.0963 e. The third-order valence-corrected chi connectivity index (χ3v) is 4.68. The Labute approximate surface area is 97.8 Å². The third-order valence-electron chi connectivity index (χ3n) is 4.68. The highest BCUT2D eigenvalue weighted by Crippen LogP contribution is 2.32. The Morgan fingerprint density at radius 2 is 1.94 bits per heavy atom. The van der Waals surface area contributed by atoms with Crippen LogP contribution in [-0.4, -0.2) is 48.0 Å². The maximum absolute atomic E-state index is 10.3. The van der Waals surface area contributed by atoms with Gasteiger partial charge in [-0.15, -0.1) is 0 Å². The first kappa shape index (κ1) is 11.0. The third kappa shape index (κ3) is 2.01. The second-order valence-electron chi connectivity index (χ2n) is 5.70. The number of fused-ring (bicyclic) bond motifs is 1. The molecule has 0 bridgehead atoms. The van der Waals surface area contributed by atoms with Crippen molar-refractivity contribution in [3.8, 4) is 0 Å². The molecule has 1 saturated carbocycles. The van der Waals surface area contributed by atoms with Crippen molar-refractivity contribution in [2.75, 3.05) is 19.7 Å². The van der Waals surface area contributed by atoms with Crippen molar-refractivity contribution in [1.82, 2.24) is 4.90 Å². The Bertz CT molecular complexity index is 240. The van der Waals surface area contributed by atoms with Gasteiger partial charge in [0.2, 0.25) is 0 Å². The summed E-state index contributed by atoms with van der Waals surface area (Å²) in [6.07, 6.45) is 7.43. The van der Waals surface area contributed by atoms with E-state index < -0.39 is 0 Å². The summed E-state index contributed by atoms with van der Waals surface area (Å²) in [4.78, 5) is 2.52. The number of hydrogen-bond acceptors (Lipinski definition) is 3. The topological polar surface area (TPSA) is 32.7 Å². The number of morpholine rings is 1. The van der Waals surface area contributed by atoms with E-state index in [0.717, 1.165) is 13.2 Å². The fourth-order valence-electron chi connectivity index (χ4n) is 3.65. The van der Waals surface area contributed by atoms with E-state index in [4.69, 9.17) is 4.74 Å². The molecule has 0 spiro atoms. The summed E-state index contributed by atoms with van der Waals surface area (Å²) < 4.78 is 5.87. The first-order chi connectivity index (χ1) is 7.84. The van der Waals surface area contributed by atoms with Crippen LogP contribution in [0.15, 0.2) is 0 Å². The number of rotatable bonds is 2. The lowest BCUT2D eigenvalue weighted by Crippen LogP contribution is -2.51. The first-order valence-electron chi connectivity index (χ1n) is 6.88. The molecular weight excluding hydrogens is 202 g/mol. The fourth-order valence-corrected chi connectivity index (χ4v) is 3.65. The summed E-state index contributed by atoms with van der Waals surface area (Å²) >= 11 is 0. The lowest BCUT2D eigenvalue weighted by molar-refractivity contribution is -0.116. The molecule has 1 N–H and O–H groups in total. The monoisotopic (exact) mass is 225 g/mol. The lowest BCUT2D eigenvalue weighted by Gasteiger charge is -2.38. The zero-order valence-electron chi connectivity index (χ0n) is 9.98. The summed E-state index contributed by atoms with van der Waals surface area (Å²) in [6.45, 7) is 3.01. The van der Waals surface area contributed by atoms with Crippen LogP contribution in [0.25, 0.3) is 0 Å². The SMILES string of the molecule is OC(C1CCCC1)C1CN2CCCC2CO1. The molecule has 3 aliphatic rings. The van der Waals surface area contributed by atoms with E-state index in [1.54, 1.807) is 0 Å². The second kappa shape index (κ2) is 4.63. The second-order valence-corrected chi connectivity index (χ2v) is 5.70. The Hall–Kier alpha value is -0.120. The van der Waals surface area contributed by atoms with E-state index in [-0.39, 0.29) is 12.2 Å². The van der Waals surface area contributed by atoms with Crippen LogP contribution in [0.3, 0.4) is 0 Å². The smallest absolute Gasteiger partial charge is 0.0963 e. The van der Waals surface area contributed by atoms with Crippen molar-refractivity contribution < 1.29 is 9.84 Å². The van der Waals surface area contributed by atoms with Gasteiger partial charge in [-0.25, -0.2) is 0 Å². The fraction of sp³-hybridized carbons (Fsp3) is 1.00. The van der Waals surface area contributed by atoms with Crippen molar-refractivity contribution in [3.05, 3.63) is 0 Å². The molecule has 3 rings (SSSR count). The molecule has 3 atom stereocenters. The van der Waals surface area contributed by atoms with Crippen LogP contribution in [0.5, 0.6) is 0 Å². The van der Waals surface area contributed by atoms with Crippen molar-refractivity contribution in [1.29, 1.82) is 0 Å². The van der Waals surface area contributed by atoms with Gasteiger partial charge in [-0.05, 0) is 38.1 Å². The minimum absolute atomic E-state index is 0.0810. The molecule has 0 amide bonds. The predicted molar refractivity (Wildman–Crippen MR) is 62.3 cm³/mol. The van der Waals surface area contributed by atoms with Crippen LogP contribution in [0, 0.1) is 5.92 Å². The molecule has 0 aromatic heterocycles. The number of nitrogens with zero attached hydrogens (tertiary/aromatic N) is 1. The van der Waals surface area contributed by atoms with Crippen LogP contribution in [-0.2, 0) is 4.74 Å². The van der Waals surface area contributed by atoms with Gasteiger partial charge in [-0.3, -0.25) is 4.90 Å². The van der Waals surface area contributed by atoms with Crippen molar-refractivity contribution in [2.24, 2.45) is 5.92 Å². The Morgan fingerprint density at radius 3 is 2.75 bits per heavy atom. The first-order valence-corrected chi connectivity index (χ1v) is 6.88. The molecule has 0 aromatic carbocycles. The van der Waals surface area contributed by atoms with Crippen LogP contribution in [0.4, 0.5) is 0 Å². The van der Waals surface area contributed by atoms with E-state index in [2.05, 4.69) is 4.90 Å². The van der Waals surface area contributed by atoms with E-state index in [1.165, 1.54) is 45.1 Å². The van der Waals surface area contributed by atoms with Gasteiger partial charge in [-0.2, -0.15) is 0 Å². The standard InChI is InChI=1S/C13H23NO2/c15-13(10-4-1-2-5-10)12-8-14-7-3-6-11(14)9-16-12/h10-13,15H,1-9H2. The Kier molecular flexibility index (Phi) is 3.18. The molecular formula is C13H23NO2. The van der Waals surface area contributed by atoms with E-state index in [9.17, 15) is 5.11 Å². The van der Waals surface area contributed by atoms with Gasteiger partial charge in [0.15, 0.2) is 0 Å². The van der Waals surface area contributed by atoms with Crippen molar-refractivity contribution in [2.45, 2.75) is 56.8 Å². The summed E-state index contributed by atoms with van der Waals surface area (Å²) in [5.41, 5.74) is 0. The number of aliphatic hydroxyl groups is 1. The minimum atomic E-state index is -0.218. The summed E-state index contributed by atoms with van der Waals surface area (Å²) in [5.74, 6) is 0.504. The molecule has 3 heteroatoms. The number of hydrogen-bond donors (Lipinski definition) is 1. The predicted octanol–water partition coefficient (Wildman–Crippen LogP) is 1.40. The normalized spacial score (nSPS) is 38.8. The Balaban J connectivity index is 1.58. The quantitative estimate of drug-likeness (QED) is 0.771. The highest BCUT2D eigenvalue weighted by molar-refractivity contribution is 4.90. The number of aliphatic hydroxyl groups excluding tert-OH is 1. The van der Waals surface area contributed by atoms with Gasteiger partial charge < -0.3 is 9.84 Å². The highest BCUT2D eigenvalue weighted by Gasteiger charge is 2.38. The van der Waals surface area contributed by atoms with Crippen molar-refractivity contribution >= 4 is 0 Å². The summed E-state index contributed by atoms with van der Waals surface area (Å²) in [7, 11) is 0. The summed E-state index contributed by atoms with van der Waals surface area (Å²) in [5, 5.41) is 10.3. The molecule has 3 unspecified atom stereocenters. The van der Waals surface area contributed by atoms with Crippen LogP contribution < -0.4 is 0 Å². The molecule has 3 fully saturated rings. The molecule has 3 nitrogen and oxygen atoms in total. The van der Waals surface area contributed by atoms with Crippen LogP contribution >= 0.6 is 0 Å². The molecule has 16 heavy (non-hydrogen) atoms. The molecule has 92 valence electrons. The zero-order valence-corrected chi connectivity index (χ0v) is 9.98. The molecule has 2 saturated heterocycles. The van der Waals surface area contributed by atoms with Gasteiger partial charge in [0.05, 0.1) is 18.8 Å². The Morgan fingerprint density at radius 1 is 1.12 bits per heavy atom. The van der Waals surface area contributed by atoms with E-state index >= 15 is 0 Å². The number of ether oxygens (including phenoxy) is 1. The van der Waals surface area contributed by atoms with E-state index in [0.29, 0.717) is 12.0 Å². The molecule has 2 aliphatic heterocycles.